The average Bonchev–Trinajstić information content (AvgIpc) is 2.76. The molecule has 0 saturated carbocycles. The molecule has 1 atom stereocenters. The van der Waals surface area contributed by atoms with Gasteiger partial charge < -0.3 is 19.9 Å². The Bertz CT molecular complexity index is 1090. The van der Waals surface area contributed by atoms with E-state index in [1.807, 2.05) is 13.8 Å². The third-order valence-electron chi connectivity index (χ3n) is 5.53. The van der Waals surface area contributed by atoms with E-state index in [2.05, 4.69) is 5.32 Å². The Morgan fingerprint density at radius 2 is 1.81 bits per heavy atom. The predicted molar refractivity (Wildman–Crippen MR) is 110 cm³/mol. The number of nitrogens with one attached hydrogen (secondary N) is 1. The van der Waals surface area contributed by atoms with Gasteiger partial charge in [-0.1, -0.05) is 13.8 Å². The normalized spacial score (nSPS) is 17.1. The van der Waals surface area contributed by atoms with Gasteiger partial charge in [-0.2, -0.15) is 0 Å². The fraction of sp³-hybridized carbons (Fsp3) is 0.409. The van der Waals surface area contributed by atoms with Crippen molar-refractivity contribution in [3.8, 4) is 5.75 Å². The summed E-state index contributed by atoms with van der Waals surface area (Å²) in [4.78, 5) is 39.3. The number of fused-ring (bicyclic) bond motifs is 2. The molecule has 0 aliphatic carbocycles. The monoisotopic (exact) mass is 451 g/mol. The fourth-order valence-corrected chi connectivity index (χ4v) is 4.01. The van der Waals surface area contributed by atoms with Crippen molar-refractivity contribution < 1.29 is 27.9 Å². The van der Waals surface area contributed by atoms with Crippen LogP contribution in [0.15, 0.2) is 23.1 Å². The minimum absolute atomic E-state index is 0.0982. The molecule has 2 N–H and O–H groups in total. The molecular formula is C22H24F3N3O4. The minimum atomic E-state index is -1.18. The molecular weight excluding hydrogens is 427 g/mol. The van der Waals surface area contributed by atoms with E-state index in [0.29, 0.717) is 25.2 Å². The first-order valence-electron chi connectivity index (χ1n) is 10.5. The standard InChI is InChI=1S/C20H18F3N3O4.C2H6/c21-10-5-14(22)12(15(23)6-10)7-24-19(29)13-9-25-8-11-3-1-2-4-26(11)20(30)16(25)18(28)17(13)27;1-2/h5-6,9,11,28H,1-4,7-8H2,(H,24,29);1-2H3. The minimum Gasteiger partial charge on any atom is -0.503 e. The highest BCUT2D eigenvalue weighted by atomic mass is 19.1. The molecule has 1 aromatic heterocycles. The van der Waals surface area contributed by atoms with Crippen molar-refractivity contribution in [2.75, 3.05) is 6.54 Å². The average molecular weight is 451 g/mol. The molecule has 2 aliphatic rings. The molecule has 2 aliphatic heterocycles. The first kappa shape index (κ1) is 23.4. The van der Waals surface area contributed by atoms with E-state index in [-0.39, 0.29) is 11.7 Å². The highest BCUT2D eigenvalue weighted by Crippen LogP contribution is 2.28. The number of rotatable bonds is 3. The lowest BCUT2D eigenvalue weighted by atomic mass is 9.98. The third kappa shape index (κ3) is 4.21. The highest BCUT2D eigenvalue weighted by molar-refractivity contribution is 5.99. The molecule has 4 rings (SSSR count). The van der Waals surface area contributed by atoms with Gasteiger partial charge in [0.2, 0.25) is 5.43 Å². The van der Waals surface area contributed by atoms with Gasteiger partial charge in [0.05, 0.1) is 0 Å². The van der Waals surface area contributed by atoms with Crippen LogP contribution in [0.25, 0.3) is 0 Å². The number of carbonyl (C=O) groups is 2. The van der Waals surface area contributed by atoms with Gasteiger partial charge in [0.15, 0.2) is 11.4 Å². The largest absolute Gasteiger partial charge is 0.503 e. The number of aromatic nitrogens is 1. The molecule has 1 unspecified atom stereocenters. The van der Waals surface area contributed by atoms with Crippen LogP contribution < -0.4 is 10.7 Å². The van der Waals surface area contributed by atoms with Gasteiger partial charge in [-0.25, -0.2) is 13.2 Å². The molecule has 2 aromatic rings. The number of hydrogen-bond donors (Lipinski definition) is 2. The second-order valence-corrected chi connectivity index (χ2v) is 7.40. The Kier molecular flexibility index (Phi) is 6.90. The van der Waals surface area contributed by atoms with Gasteiger partial charge in [0.1, 0.15) is 23.0 Å². The fourth-order valence-electron chi connectivity index (χ4n) is 4.01. The zero-order chi connectivity index (χ0) is 23.6. The van der Waals surface area contributed by atoms with Crippen molar-refractivity contribution in [1.82, 2.24) is 14.8 Å². The molecule has 0 spiro atoms. The smallest absolute Gasteiger partial charge is 0.274 e. The summed E-state index contributed by atoms with van der Waals surface area (Å²) in [6.07, 6.45) is 3.72. The quantitative estimate of drug-likeness (QED) is 0.751. The maximum absolute atomic E-state index is 13.8. The Balaban J connectivity index is 0.00000141. The number of halogens is 3. The van der Waals surface area contributed by atoms with Gasteiger partial charge in [-0.05, 0) is 19.3 Å². The first-order valence-corrected chi connectivity index (χ1v) is 10.5. The van der Waals surface area contributed by atoms with E-state index in [4.69, 9.17) is 0 Å². The molecule has 0 radical (unpaired) electrons. The number of amides is 2. The van der Waals surface area contributed by atoms with Crippen LogP contribution in [0.4, 0.5) is 13.2 Å². The number of aromatic hydroxyl groups is 1. The summed E-state index contributed by atoms with van der Waals surface area (Å²) in [5.74, 6) is -5.74. The van der Waals surface area contributed by atoms with Gasteiger partial charge in [0, 0.05) is 49.6 Å². The molecule has 32 heavy (non-hydrogen) atoms. The van der Waals surface area contributed by atoms with Crippen LogP contribution in [-0.4, -0.2) is 39.0 Å². The van der Waals surface area contributed by atoms with Crippen LogP contribution in [0.5, 0.6) is 5.75 Å². The van der Waals surface area contributed by atoms with Gasteiger partial charge in [-0.3, -0.25) is 14.4 Å². The molecule has 2 amide bonds. The van der Waals surface area contributed by atoms with Gasteiger partial charge in [0.25, 0.3) is 11.8 Å². The molecule has 3 heterocycles. The van der Waals surface area contributed by atoms with Crippen LogP contribution >= 0.6 is 0 Å². The Morgan fingerprint density at radius 3 is 2.47 bits per heavy atom. The first-order chi connectivity index (χ1) is 15.3. The van der Waals surface area contributed by atoms with E-state index in [1.54, 1.807) is 4.90 Å². The lowest BCUT2D eigenvalue weighted by Crippen LogP contribution is -2.51. The summed E-state index contributed by atoms with van der Waals surface area (Å²) >= 11 is 0. The Morgan fingerprint density at radius 1 is 1.16 bits per heavy atom. The molecule has 172 valence electrons. The van der Waals surface area contributed by atoms with Gasteiger partial charge in [-0.15, -0.1) is 0 Å². The summed E-state index contributed by atoms with van der Waals surface area (Å²) < 4.78 is 41.9. The summed E-state index contributed by atoms with van der Waals surface area (Å²) in [5, 5.41) is 12.5. The number of benzene rings is 1. The summed E-state index contributed by atoms with van der Waals surface area (Å²) in [7, 11) is 0. The van der Waals surface area contributed by atoms with E-state index in [1.165, 1.54) is 10.8 Å². The van der Waals surface area contributed by atoms with Crippen molar-refractivity contribution in [2.24, 2.45) is 0 Å². The molecule has 1 aromatic carbocycles. The van der Waals surface area contributed by atoms with Crippen molar-refractivity contribution in [3.05, 3.63) is 62.8 Å². The Hall–Kier alpha value is -3.30. The lowest BCUT2D eigenvalue weighted by Gasteiger charge is -2.40. The van der Waals surface area contributed by atoms with Crippen LogP contribution in [0.3, 0.4) is 0 Å². The van der Waals surface area contributed by atoms with E-state index < -0.39 is 58.1 Å². The Labute approximate surface area is 182 Å². The van der Waals surface area contributed by atoms with E-state index >= 15 is 0 Å². The summed E-state index contributed by atoms with van der Waals surface area (Å²) in [6, 6.07) is 0.858. The van der Waals surface area contributed by atoms with Crippen molar-refractivity contribution >= 4 is 11.8 Å². The van der Waals surface area contributed by atoms with Gasteiger partial charge >= 0.3 is 0 Å². The highest BCUT2D eigenvalue weighted by Gasteiger charge is 2.37. The number of nitrogens with zero attached hydrogens (tertiary/aromatic N) is 2. The van der Waals surface area contributed by atoms with Crippen LogP contribution in [-0.2, 0) is 13.1 Å². The molecule has 7 nitrogen and oxygen atoms in total. The number of piperidine rings is 1. The number of hydrogen-bond acceptors (Lipinski definition) is 4. The van der Waals surface area contributed by atoms with Crippen molar-refractivity contribution in [1.29, 1.82) is 0 Å². The lowest BCUT2D eigenvalue weighted by molar-refractivity contribution is 0.0504. The summed E-state index contributed by atoms with van der Waals surface area (Å²) in [6.45, 7) is 4.22. The predicted octanol–water partition coefficient (Wildman–Crippen LogP) is 2.94. The third-order valence-corrected chi connectivity index (χ3v) is 5.53. The zero-order valence-corrected chi connectivity index (χ0v) is 17.8. The van der Waals surface area contributed by atoms with E-state index in [9.17, 15) is 32.7 Å². The van der Waals surface area contributed by atoms with Crippen LogP contribution in [0, 0.1) is 17.5 Å². The maximum atomic E-state index is 13.8. The SMILES string of the molecule is CC.O=C(NCc1c(F)cc(F)cc1F)c1cn2c(c(O)c1=O)C(=O)N1CCCCC1C2. The molecule has 0 bridgehead atoms. The number of carbonyl (C=O) groups excluding carboxylic acids is 2. The molecule has 1 saturated heterocycles. The molecule has 10 heteroatoms. The van der Waals surface area contributed by atoms with Crippen LogP contribution in [0.1, 0.15) is 59.5 Å². The second kappa shape index (κ2) is 9.46. The maximum Gasteiger partial charge on any atom is 0.274 e. The zero-order valence-electron chi connectivity index (χ0n) is 17.8. The van der Waals surface area contributed by atoms with Crippen LogP contribution in [0.2, 0.25) is 0 Å². The second-order valence-electron chi connectivity index (χ2n) is 7.40. The van der Waals surface area contributed by atoms with Crippen molar-refractivity contribution in [2.45, 2.75) is 52.2 Å². The van der Waals surface area contributed by atoms with E-state index in [0.717, 1.165) is 19.3 Å². The topological polar surface area (TPSA) is 91.6 Å². The molecule has 1 fully saturated rings. The summed E-state index contributed by atoms with van der Waals surface area (Å²) in [5.41, 5.74) is -2.26. The van der Waals surface area contributed by atoms with Crippen molar-refractivity contribution in [3.63, 3.8) is 0 Å². The number of pyridine rings is 1.